The van der Waals surface area contributed by atoms with Crippen molar-refractivity contribution in [2.24, 2.45) is 5.92 Å². The normalized spacial score (nSPS) is 12.2. The number of nitrogens with zero attached hydrogens (tertiary/aromatic N) is 2. The van der Waals surface area contributed by atoms with Crippen molar-refractivity contribution in [2.45, 2.75) is 20.3 Å². The van der Waals surface area contributed by atoms with Crippen LogP contribution in [0.25, 0.3) is 0 Å². The van der Waals surface area contributed by atoms with Gasteiger partial charge in [0, 0.05) is 12.1 Å². The molecule has 0 aliphatic carbocycles. The van der Waals surface area contributed by atoms with Crippen LogP contribution in [0, 0.1) is 17.2 Å². The standard InChI is InChI=1S/C15H20N2O/c1-4-13-5-7-14(8-6-13)15(18)11-17(3)10-12(2)9-16/h5-8,12H,4,10-11H2,1-3H3. The first-order valence-corrected chi connectivity index (χ1v) is 6.27. The molecule has 0 aliphatic rings. The summed E-state index contributed by atoms with van der Waals surface area (Å²) in [6.45, 7) is 4.93. The zero-order chi connectivity index (χ0) is 13.5. The number of carbonyl (C=O) groups is 1. The molecule has 1 unspecified atom stereocenters. The average Bonchev–Trinajstić information content (AvgIpc) is 2.38. The third-order valence-electron chi connectivity index (χ3n) is 2.90. The van der Waals surface area contributed by atoms with Gasteiger partial charge in [-0.25, -0.2) is 0 Å². The summed E-state index contributed by atoms with van der Waals surface area (Å²) >= 11 is 0. The molecule has 0 heterocycles. The van der Waals surface area contributed by atoms with Gasteiger partial charge in [-0.15, -0.1) is 0 Å². The van der Waals surface area contributed by atoms with Gasteiger partial charge in [0.1, 0.15) is 0 Å². The summed E-state index contributed by atoms with van der Waals surface area (Å²) in [4.78, 5) is 13.9. The van der Waals surface area contributed by atoms with Crippen LogP contribution in [0.1, 0.15) is 29.8 Å². The zero-order valence-corrected chi connectivity index (χ0v) is 11.3. The highest BCUT2D eigenvalue weighted by atomic mass is 16.1. The minimum absolute atomic E-state index is 0.0507. The molecule has 3 heteroatoms. The van der Waals surface area contributed by atoms with E-state index >= 15 is 0 Å². The van der Waals surface area contributed by atoms with Crippen LogP contribution < -0.4 is 0 Å². The van der Waals surface area contributed by atoms with E-state index in [9.17, 15) is 4.79 Å². The maximum absolute atomic E-state index is 12.0. The third-order valence-corrected chi connectivity index (χ3v) is 2.90. The van der Waals surface area contributed by atoms with E-state index in [4.69, 9.17) is 5.26 Å². The number of hydrogen-bond donors (Lipinski definition) is 0. The summed E-state index contributed by atoms with van der Waals surface area (Å²) in [7, 11) is 1.87. The predicted octanol–water partition coefficient (Wildman–Crippen LogP) is 2.52. The molecule has 1 aromatic carbocycles. The number of rotatable bonds is 6. The van der Waals surface area contributed by atoms with Crippen molar-refractivity contribution in [3.63, 3.8) is 0 Å². The van der Waals surface area contributed by atoms with E-state index in [2.05, 4.69) is 13.0 Å². The highest BCUT2D eigenvalue weighted by Gasteiger charge is 2.11. The Kier molecular flexibility index (Phi) is 5.54. The van der Waals surface area contributed by atoms with Gasteiger partial charge in [0.05, 0.1) is 18.5 Å². The van der Waals surface area contributed by atoms with Crippen molar-refractivity contribution in [3.05, 3.63) is 35.4 Å². The lowest BCUT2D eigenvalue weighted by Crippen LogP contribution is -2.29. The molecular weight excluding hydrogens is 224 g/mol. The minimum Gasteiger partial charge on any atom is -0.298 e. The third kappa shape index (κ3) is 4.31. The molecule has 0 aromatic heterocycles. The minimum atomic E-state index is -0.0507. The molecule has 0 aliphatic heterocycles. The van der Waals surface area contributed by atoms with Crippen molar-refractivity contribution in [3.8, 4) is 6.07 Å². The second-order valence-corrected chi connectivity index (χ2v) is 4.70. The molecule has 1 atom stereocenters. The zero-order valence-electron chi connectivity index (χ0n) is 11.3. The summed E-state index contributed by atoms with van der Waals surface area (Å²) in [5.41, 5.74) is 1.97. The van der Waals surface area contributed by atoms with Gasteiger partial charge in [-0.3, -0.25) is 9.69 Å². The van der Waals surface area contributed by atoms with Gasteiger partial charge >= 0.3 is 0 Å². The molecule has 0 fully saturated rings. The van der Waals surface area contributed by atoms with Crippen LogP contribution in [0.2, 0.25) is 0 Å². The second-order valence-electron chi connectivity index (χ2n) is 4.70. The number of benzene rings is 1. The van der Waals surface area contributed by atoms with Gasteiger partial charge < -0.3 is 0 Å². The van der Waals surface area contributed by atoms with Gasteiger partial charge in [-0.2, -0.15) is 5.26 Å². The summed E-state index contributed by atoms with van der Waals surface area (Å²) in [6, 6.07) is 9.91. The molecule has 0 spiro atoms. The molecule has 0 bridgehead atoms. The Morgan fingerprint density at radius 1 is 1.39 bits per heavy atom. The number of nitriles is 1. The van der Waals surface area contributed by atoms with Gasteiger partial charge in [0.25, 0.3) is 0 Å². The van der Waals surface area contributed by atoms with Crippen LogP contribution in [0.3, 0.4) is 0 Å². The molecule has 0 amide bonds. The molecule has 0 saturated carbocycles. The van der Waals surface area contributed by atoms with E-state index in [1.807, 2.05) is 43.1 Å². The van der Waals surface area contributed by atoms with E-state index in [0.29, 0.717) is 13.1 Å². The van der Waals surface area contributed by atoms with Crippen LogP contribution in [0.5, 0.6) is 0 Å². The number of likely N-dealkylation sites (N-methyl/N-ethyl adjacent to an activating group) is 1. The van der Waals surface area contributed by atoms with E-state index < -0.39 is 0 Å². The summed E-state index contributed by atoms with van der Waals surface area (Å²) in [6.07, 6.45) is 0.980. The molecule has 1 aromatic rings. The van der Waals surface area contributed by atoms with E-state index in [1.54, 1.807) is 0 Å². The smallest absolute Gasteiger partial charge is 0.176 e. The van der Waals surface area contributed by atoms with Crippen molar-refractivity contribution >= 4 is 5.78 Å². The van der Waals surface area contributed by atoms with Crippen molar-refractivity contribution in [1.29, 1.82) is 5.26 Å². The Labute approximate surface area is 109 Å². The number of ketones is 1. The van der Waals surface area contributed by atoms with Gasteiger partial charge in [-0.05, 0) is 26.0 Å². The number of Topliss-reactive ketones (excluding diaryl/α,β-unsaturated/α-hetero) is 1. The van der Waals surface area contributed by atoms with Crippen molar-refractivity contribution < 1.29 is 4.79 Å². The maximum atomic E-state index is 12.0. The highest BCUT2D eigenvalue weighted by Crippen LogP contribution is 2.07. The molecule has 0 N–H and O–H groups in total. The number of hydrogen-bond acceptors (Lipinski definition) is 3. The molecule has 18 heavy (non-hydrogen) atoms. The predicted molar refractivity (Wildman–Crippen MR) is 72.4 cm³/mol. The Balaban J connectivity index is 2.56. The SMILES string of the molecule is CCc1ccc(C(=O)CN(C)CC(C)C#N)cc1. The number of aryl methyl sites for hydroxylation is 1. The van der Waals surface area contributed by atoms with E-state index in [1.165, 1.54) is 5.56 Å². The first-order chi connectivity index (χ1) is 8.56. The molecule has 0 radical (unpaired) electrons. The summed E-state index contributed by atoms with van der Waals surface area (Å²) in [5, 5.41) is 8.73. The molecular formula is C15H20N2O. The van der Waals surface area contributed by atoms with Crippen LogP contribution in [0.4, 0.5) is 0 Å². The fourth-order valence-electron chi connectivity index (χ4n) is 1.84. The molecule has 96 valence electrons. The highest BCUT2D eigenvalue weighted by molar-refractivity contribution is 5.97. The monoisotopic (exact) mass is 244 g/mol. The number of carbonyl (C=O) groups excluding carboxylic acids is 1. The lowest BCUT2D eigenvalue weighted by atomic mass is 10.1. The van der Waals surface area contributed by atoms with Crippen LogP contribution in [-0.2, 0) is 6.42 Å². The first kappa shape index (κ1) is 14.4. The quantitative estimate of drug-likeness (QED) is 0.722. The Morgan fingerprint density at radius 3 is 2.50 bits per heavy atom. The fourth-order valence-corrected chi connectivity index (χ4v) is 1.84. The van der Waals surface area contributed by atoms with E-state index in [0.717, 1.165) is 12.0 Å². The molecule has 1 rings (SSSR count). The maximum Gasteiger partial charge on any atom is 0.176 e. The van der Waals surface area contributed by atoms with Crippen molar-refractivity contribution in [1.82, 2.24) is 4.90 Å². The van der Waals surface area contributed by atoms with Gasteiger partial charge in [0.2, 0.25) is 0 Å². The Hall–Kier alpha value is -1.66. The van der Waals surface area contributed by atoms with Crippen molar-refractivity contribution in [2.75, 3.05) is 20.1 Å². The Bertz CT molecular complexity index is 431. The fraction of sp³-hybridized carbons (Fsp3) is 0.467. The van der Waals surface area contributed by atoms with E-state index in [-0.39, 0.29) is 11.7 Å². The van der Waals surface area contributed by atoms with Crippen LogP contribution in [0.15, 0.2) is 24.3 Å². The Morgan fingerprint density at radius 2 is 2.00 bits per heavy atom. The summed E-state index contributed by atoms with van der Waals surface area (Å²) < 4.78 is 0. The molecule has 3 nitrogen and oxygen atoms in total. The second kappa shape index (κ2) is 6.93. The van der Waals surface area contributed by atoms with Crippen LogP contribution in [-0.4, -0.2) is 30.8 Å². The molecule has 0 saturated heterocycles. The van der Waals surface area contributed by atoms with Gasteiger partial charge in [-0.1, -0.05) is 31.2 Å². The topological polar surface area (TPSA) is 44.1 Å². The van der Waals surface area contributed by atoms with Gasteiger partial charge in [0.15, 0.2) is 5.78 Å². The lowest BCUT2D eigenvalue weighted by molar-refractivity contribution is 0.0943. The lowest BCUT2D eigenvalue weighted by Gasteiger charge is -2.16. The first-order valence-electron chi connectivity index (χ1n) is 6.27. The largest absolute Gasteiger partial charge is 0.298 e. The summed E-state index contributed by atoms with van der Waals surface area (Å²) in [5.74, 6) is 0.0514. The van der Waals surface area contributed by atoms with Crippen LogP contribution >= 0.6 is 0 Å². The average molecular weight is 244 g/mol.